The molecule has 0 radical (unpaired) electrons. The Balaban J connectivity index is 0.847. The van der Waals surface area contributed by atoms with Gasteiger partial charge in [-0.1, -0.05) is 206 Å². The lowest BCUT2D eigenvalue weighted by molar-refractivity contribution is 0.731. The molecule has 0 saturated heterocycles. The van der Waals surface area contributed by atoms with Crippen LogP contribution in [0.3, 0.4) is 0 Å². The number of nitrogens with zero attached hydrogens (tertiary/aromatic N) is 2. The lowest BCUT2D eigenvalue weighted by atomic mass is 9.62. The van der Waals surface area contributed by atoms with Gasteiger partial charge in [-0.2, -0.15) is 0 Å². The van der Waals surface area contributed by atoms with Crippen molar-refractivity contribution in [3.05, 3.63) is 324 Å². The van der Waals surface area contributed by atoms with Crippen LogP contribution in [0.25, 0.3) is 43.8 Å². The molecule has 12 aromatic rings. The molecule has 72 heavy (non-hydrogen) atoms. The van der Waals surface area contributed by atoms with Gasteiger partial charge in [-0.3, -0.25) is 0 Å². The minimum atomic E-state index is -0.506. The SMILES string of the molecule is c1ccc(C2(c3ccccc3)c3ccccc3N(c3ccc4cc5c(cc4c3)-c3cc4cc(N6c7ccccc7C(c7ccccc7)(c7ccccc7)c7ccccc76)ccc4cc3-5)c3ccccc32)cc1. The number of anilines is 6. The summed E-state index contributed by atoms with van der Waals surface area (Å²) in [4.78, 5) is 4.97. The van der Waals surface area contributed by atoms with Crippen LogP contribution in [0.15, 0.2) is 279 Å². The maximum absolute atomic E-state index is 2.48. The van der Waals surface area contributed by atoms with Crippen LogP contribution in [0.4, 0.5) is 34.1 Å². The molecule has 2 heteroatoms. The van der Waals surface area contributed by atoms with Crippen molar-refractivity contribution >= 4 is 55.7 Å². The molecule has 2 heterocycles. The zero-order valence-corrected chi connectivity index (χ0v) is 39.5. The molecular formula is C70H46N2. The van der Waals surface area contributed by atoms with E-state index in [4.69, 9.17) is 0 Å². The van der Waals surface area contributed by atoms with Gasteiger partial charge in [0, 0.05) is 11.4 Å². The third-order valence-corrected chi connectivity index (χ3v) is 16.0. The average Bonchev–Trinajstić information content (AvgIpc) is 3.45. The van der Waals surface area contributed by atoms with Crippen LogP contribution < -0.4 is 9.80 Å². The fourth-order valence-corrected chi connectivity index (χ4v) is 13.1. The first-order chi connectivity index (χ1) is 35.7. The Labute approximate surface area is 420 Å². The molecule has 2 nitrogen and oxygen atoms in total. The van der Waals surface area contributed by atoms with Crippen molar-refractivity contribution in [1.29, 1.82) is 0 Å². The molecule has 0 spiro atoms. The maximum atomic E-state index is 2.48. The first-order valence-electron chi connectivity index (χ1n) is 25.1. The minimum Gasteiger partial charge on any atom is -0.310 e. The molecule has 12 aromatic carbocycles. The molecule has 0 bridgehead atoms. The second-order valence-corrected chi connectivity index (χ2v) is 19.6. The van der Waals surface area contributed by atoms with Gasteiger partial charge in [0.05, 0.1) is 33.6 Å². The van der Waals surface area contributed by atoms with Gasteiger partial charge in [-0.05, 0) is 161 Å². The van der Waals surface area contributed by atoms with Gasteiger partial charge in [0.1, 0.15) is 0 Å². The molecule has 0 fully saturated rings. The Morgan fingerprint density at radius 2 is 0.458 bits per heavy atom. The van der Waals surface area contributed by atoms with Gasteiger partial charge in [-0.15, -0.1) is 0 Å². The molecule has 0 aromatic heterocycles. The molecule has 0 N–H and O–H groups in total. The highest BCUT2D eigenvalue weighted by atomic mass is 15.2. The van der Waals surface area contributed by atoms with E-state index in [1.54, 1.807) is 0 Å². The molecule has 2 aliphatic heterocycles. The van der Waals surface area contributed by atoms with Crippen molar-refractivity contribution in [3.63, 3.8) is 0 Å². The molecule has 0 saturated carbocycles. The van der Waals surface area contributed by atoms with Crippen molar-refractivity contribution in [2.45, 2.75) is 10.8 Å². The predicted molar refractivity (Wildman–Crippen MR) is 299 cm³/mol. The number of hydrogen-bond donors (Lipinski definition) is 0. The molecular weight excluding hydrogens is 869 g/mol. The predicted octanol–water partition coefficient (Wildman–Crippen LogP) is 18.0. The second-order valence-electron chi connectivity index (χ2n) is 19.6. The summed E-state index contributed by atoms with van der Waals surface area (Å²) in [5.41, 5.74) is 21.3. The minimum absolute atomic E-state index is 0.506. The fourth-order valence-electron chi connectivity index (χ4n) is 13.1. The average molecular weight is 915 g/mol. The van der Waals surface area contributed by atoms with Crippen LogP contribution >= 0.6 is 0 Å². The Hall–Kier alpha value is -9.24. The van der Waals surface area contributed by atoms with Crippen LogP contribution in [0.1, 0.15) is 44.5 Å². The Bertz CT molecular complexity index is 3660. The number of benzene rings is 12. The first kappa shape index (κ1) is 40.6. The summed E-state index contributed by atoms with van der Waals surface area (Å²) in [6, 6.07) is 104. The van der Waals surface area contributed by atoms with Gasteiger partial charge < -0.3 is 9.80 Å². The normalized spacial score (nSPS) is 14.3. The van der Waals surface area contributed by atoms with Gasteiger partial charge in [0.15, 0.2) is 0 Å². The van der Waals surface area contributed by atoms with Crippen molar-refractivity contribution in [3.8, 4) is 22.3 Å². The number of para-hydroxylation sites is 4. The van der Waals surface area contributed by atoms with Gasteiger partial charge in [-0.25, -0.2) is 0 Å². The fraction of sp³-hybridized carbons (Fsp3) is 0.0286. The van der Waals surface area contributed by atoms with Crippen molar-refractivity contribution in [2.24, 2.45) is 0 Å². The topological polar surface area (TPSA) is 6.48 Å². The monoisotopic (exact) mass is 914 g/mol. The summed E-state index contributed by atoms with van der Waals surface area (Å²) in [7, 11) is 0. The van der Waals surface area contributed by atoms with E-state index in [0.717, 1.165) is 11.4 Å². The summed E-state index contributed by atoms with van der Waals surface area (Å²) in [5, 5.41) is 4.94. The highest BCUT2D eigenvalue weighted by molar-refractivity contribution is 6.13. The molecule has 1 aliphatic carbocycles. The van der Waals surface area contributed by atoms with E-state index in [9.17, 15) is 0 Å². The molecule has 0 atom stereocenters. The van der Waals surface area contributed by atoms with Crippen LogP contribution in [0, 0.1) is 0 Å². The van der Waals surface area contributed by atoms with Crippen LogP contribution in [0.2, 0.25) is 0 Å². The van der Waals surface area contributed by atoms with Crippen molar-refractivity contribution < 1.29 is 0 Å². The largest absolute Gasteiger partial charge is 0.310 e. The molecule has 0 amide bonds. The van der Waals surface area contributed by atoms with E-state index in [-0.39, 0.29) is 0 Å². The maximum Gasteiger partial charge on any atom is 0.0742 e. The van der Waals surface area contributed by atoms with E-state index >= 15 is 0 Å². The number of hydrogen-bond acceptors (Lipinski definition) is 2. The summed E-state index contributed by atoms with van der Waals surface area (Å²) in [6.45, 7) is 0. The second kappa shape index (κ2) is 15.6. The lowest BCUT2D eigenvalue weighted by Crippen LogP contribution is -2.37. The molecule has 3 aliphatic rings. The smallest absolute Gasteiger partial charge is 0.0742 e. The number of fused-ring (bicyclic) bond motifs is 10. The van der Waals surface area contributed by atoms with Crippen molar-refractivity contribution in [2.75, 3.05) is 9.80 Å². The Morgan fingerprint density at radius 1 is 0.208 bits per heavy atom. The van der Waals surface area contributed by atoms with Crippen LogP contribution in [-0.2, 0) is 10.8 Å². The van der Waals surface area contributed by atoms with Crippen LogP contribution in [-0.4, -0.2) is 0 Å². The number of rotatable bonds is 6. The summed E-state index contributed by atoms with van der Waals surface area (Å²) in [5.74, 6) is 0. The Kier molecular flexibility index (Phi) is 8.82. The van der Waals surface area contributed by atoms with E-state index in [1.807, 2.05) is 0 Å². The van der Waals surface area contributed by atoms with Crippen molar-refractivity contribution in [1.82, 2.24) is 0 Å². The highest BCUT2D eigenvalue weighted by Gasteiger charge is 2.48. The summed E-state index contributed by atoms with van der Waals surface area (Å²) >= 11 is 0. The zero-order valence-electron chi connectivity index (χ0n) is 39.5. The molecule has 15 rings (SSSR count). The van der Waals surface area contributed by atoms with Gasteiger partial charge in [0.25, 0.3) is 0 Å². The highest BCUT2D eigenvalue weighted by Crippen LogP contribution is 2.60. The molecule has 336 valence electrons. The van der Waals surface area contributed by atoms with E-state index in [2.05, 4.69) is 289 Å². The lowest BCUT2D eigenvalue weighted by Gasteiger charge is -2.46. The van der Waals surface area contributed by atoms with Crippen LogP contribution in [0.5, 0.6) is 0 Å². The van der Waals surface area contributed by atoms with E-state index < -0.39 is 10.8 Å². The molecule has 0 unspecified atom stereocenters. The first-order valence-corrected chi connectivity index (χ1v) is 25.1. The van der Waals surface area contributed by atoms with Gasteiger partial charge >= 0.3 is 0 Å². The standard InChI is InChI=1S/C70H46N2/c1-5-21-51(22-6-1)69(52-23-7-2-8-24-52)61-29-13-17-33-65(61)71(66-34-18-14-30-62(66)69)55-39-37-47-43-57-58-44-48-38-40-56(42-50(48)46-60(58)59(57)45-49(47)41-55)72-67-35-19-15-31-63(67)70(53-25-9-3-10-26-53,54-27-11-4-12-28-54)64-32-16-20-36-68(64)72/h1-46H. The summed E-state index contributed by atoms with van der Waals surface area (Å²) < 4.78 is 0. The quantitative estimate of drug-likeness (QED) is 0.164. The zero-order chi connectivity index (χ0) is 47.4. The third kappa shape index (κ3) is 5.60. The Morgan fingerprint density at radius 3 is 0.750 bits per heavy atom. The van der Waals surface area contributed by atoms with E-state index in [1.165, 1.54) is 111 Å². The summed E-state index contributed by atoms with van der Waals surface area (Å²) in [6.07, 6.45) is 0. The van der Waals surface area contributed by atoms with E-state index in [0.29, 0.717) is 0 Å². The van der Waals surface area contributed by atoms with Gasteiger partial charge in [0.2, 0.25) is 0 Å². The third-order valence-electron chi connectivity index (χ3n) is 16.0.